The molecule has 1 aliphatic rings. The van der Waals surface area contributed by atoms with Gasteiger partial charge < -0.3 is 25.5 Å². The number of likely N-dealkylation sites (tertiary alicyclic amines) is 1. The number of carbonyl (C=O) groups is 2. The number of nitrogens with zero attached hydrogens (tertiary/aromatic N) is 3. The van der Waals surface area contributed by atoms with Crippen LogP contribution in [0.1, 0.15) is 36.6 Å². The fourth-order valence-corrected chi connectivity index (χ4v) is 4.45. The summed E-state index contributed by atoms with van der Waals surface area (Å²) in [4.78, 5) is 26.9. The van der Waals surface area contributed by atoms with E-state index in [2.05, 4.69) is 10.4 Å². The number of aromatic nitrogens is 2. The molecule has 4 N–H and O–H groups in total. The number of carbonyl (C=O) groups excluding carboxylic acids is 2. The van der Waals surface area contributed by atoms with Crippen LogP contribution in [0.15, 0.2) is 67.0 Å². The van der Waals surface area contributed by atoms with E-state index in [4.69, 9.17) is 11.6 Å². The number of benzene rings is 2. The van der Waals surface area contributed by atoms with E-state index in [1.807, 2.05) is 36.5 Å². The van der Waals surface area contributed by atoms with Gasteiger partial charge >= 0.3 is 0 Å². The fraction of sp³-hybridized carbons (Fsp3) is 0.320. The molecule has 184 valence electrons. The monoisotopic (exact) mass is 498 g/mol. The topological polar surface area (TPSA) is 128 Å². The summed E-state index contributed by atoms with van der Waals surface area (Å²) in [5.41, 5.74) is 2.31. The molecule has 9 nitrogen and oxygen atoms in total. The van der Waals surface area contributed by atoms with Crippen LogP contribution in [0.3, 0.4) is 0 Å². The fourth-order valence-electron chi connectivity index (χ4n) is 4.25. The first-order valence-corrected chi connectivity index (χ1v) is 11.6. The predicted octanol–water partition coefficient (Wildman–Crippen LogP) is 1.76. The van der Waals surface area contributed by atoms with Crippen molar-refractivity contribution in [2.45, 2.75) is 43.7 Å². The summed E-state index contributed by atoms with van der Waals surface area (Å²) >= 11 is 6.06. The van der Waals surface area contributed by atoms with Crippen molar-refractivity contribution in [2.24, 2.45) is 0 Å². The highest BCUT2D eigenvalue weighted by molar-refractivity contribution is 6.30. The van der Waals surface area contributed by atoms with Crippen LogP contribution >= 0.6 is 11.6 Å². The van der Waals surface area contributed by atoms with Crippen LogP contribution in [0.25, 0.3) is 5.69 Å². The zero-order chi connectivity index (χ0) is 25.1. The quantitative estimate of drug-likeness (QED) is 0.393. The minimum absolute atomic E-state index is 0.0274. The molecule has 1 aliphatic heterocycles. The van der Waals surface area contributed by atoms with E-state index < -0.39 is 42.2 Å². The number of nitrogens with one attached hydrogen (secondary N) is 1. The van der Waals surface area contributed by atoms with Gasteiger partial charge in [-0.15, -0.1) is 0 Å². The maximum atomic E-state index is 13.0. The lowest BCUT2D eigenvalue weighted by Gasteiger charge is -2.29. The van der Waals surface area contributed by atoms with Gasteiger partial charge in [-0.1, -0.05) is 35.9 Å². The summed E-state index contributed by atoms with van der Waals surface area (Å²) in [7, 11) is 0. The van der Waals surface area contributed by atoms with Gasteiger partial charge in [0.1, 0.15) is 0 Å². The third-order valence-corrected chi connectivity index (χ3v) is 6.37. The van der Waals surface area contributed by atoms with Crippen molar-refractivity contribution in [3.05, 3.63) is 83.1 Å². The first-order chi connectivity index (χ1) is 16.7. The van der Waals surface area contributed by atoms with E-state index in [0.717, 1.165) is 11.3 Å². The molecule has 0 spiro atoms. The van der Waals surface area contributed by atoms with Gasteiger partial charge in [0.15, 0.2) is 12.2 Å². The van der Waals surface area contributed by atoms with Gasteiger partial charge in [0.05, 0.1) is 23.9 Å². The van der Waals surface area contributed by atoms with Crippen molar-refractivity contribution in [3.8, 4) is 5.69 Å². The van der Waals surface area contributed by atoms with Crippen LogP contribution in [0.4, 0.5) is 0 Å². The summed E-state index contributed by atoms with van der Waals surface area (Å²) in [6.45, 7) is 1.70. The Labute approximate surface area is 207 Å². The van der Waals surface area contributed by atoms with Crippen molar-refractivity contribution in [1.29, 1.82) is 0 Å². The molecule has 1 saturated heterocycles. The van der Waals surface area contributed by atoms with Crippen LogP contribution in [-0.4, -0.2) is 66.7 Å². The molecule has 0 unspecified atom stereocenters. The van der Waals surface area contributed by atoms with Gasteiger partial charge in [-0.3, -0.25) is 9.59 Å². The van der Waals surface area contributed by atoms with Crippen molar-refractivity contribution in [2.75, 3.05) is 6.54 Å². The van der Waals surface area contributed by atoms with Gasteiger partial charge in [0, 0.05) is 24.0 Å². The summed E-state index contributed by atoms with van der Waals surface area (Å²) in [5.74, 6) is -1.72. The molecule has 0 aliphatic carbocycles. The Morgan fingerprint density at radius 2 is 1.86 bits per heavy atom. The normalized spacial score (nSPS) is 20.3. The summed E-state index contributed by atoms with van der Waals surface area (Å²) in [6, 6.07) is 15.0. The Morgan fingerprint density at radius 3 is 2.51 bits per heavy atom. The third-order valence-electron chi connectivity index (χ3n) is 6.14. The van der Waals surface area contributed by atoms with E-state index in [9.17, 15) is 24.9 Å². The molecule has 35 heavy (non-hydrogen) atoms. The molecule has 3 aromatic rings. The summed E-state index contributed by atoms with van der Waals surface area (Å²) in [6.07, 6.45) is -1.03. The molecule has 1 fully saturated rings. The zero-order valence-corrected chi connectivity index (χ0v) is 19.8. The number of hydrogen-bond donors (Lipinski definition) is 4. The average molecular weight is 499 g/mol. The first-order valence-electron chi connectivity index (χ1n) is 11.2. The maximum absolute atomic E-state index is 13.0. The van der Waals surface area contributed by atoms with Crippen molar-refractivity contribution >= 4 is 23.4 Å². The highest BCUT2D eigenvalue weighted by Gasteiger charge is 2.41. The van der Waals surface area contributed by atoms with Crippen molar-refractivity contribution < 1.29 is 24.9 Å². The van der Waals surface area contributed by atoms with Gasteiger partial charge in [0.2, 0.25) is 0 Å². The molecule has 10 heteroatoms. The SMILES string of the molecule is C[C@@H](NC(=O)[C@H](O)[C@@H](O)C(=O)N1C[C@H](O)C[C@H]1c1cccc(Cl)c1)c1ccc(-n2cccn2)cc1. The third kappa shape index (κ3) is 5.54. The molecular formula is C25H27ClN4O5. The van der Waals surface area contributed by atoms with Gasteiger partial charge in [-0.25, -0.2) is 4.68 Å². The standard InChI is InChI=1S/C25H27ClN4O5/c1-15(16-6-8-19(9-7-16)30-11-3-10-27-30)28-24(34)22(32)23(33)25(35)29-14-20(31)13-21(29)17-4-2-5-18(26)12-17/h2-12,15,20-23,31-33H,13-14H2,1H3,(H,28,34)/t15-,20-,21+,22-,23-/m1/s1. The molecule has 4 rings (SSSR count). The highest BCUT2D eigenvalue weighted by atomic mass is 35.5. The zero-order valence-electron chi connectivity index (χ0n) is 19.0. The molecule has 2 aromatic carbocycles. The van der Waals surface area contributed by atoms with Gasteiger partial charge in [-0.05, 0) is 54.8 Å². The Morgan fingerprint density at radius 1 is 1.11 bits per heavy atom. The molecule has 5 atom stereocenters. The number of aliphatic hydroxyl groups excluding tert-OH is 3. The molecule has 0 bridgehead atoms. The van der Waals surface area contributed by atoms with Crippen LogP contribution in [0.5, 0.6) is 0 Å². The Balaban J connectivity index is 1.40. The van der Waals surface area contributed by atoms with Crippen molar-refractivity contribution in [3.63, 3.8) is 0 Å². The van der Waals surface area contributed by atoms with E-state index in [0.29, 0.717) is 10.6 Å². The van der Waals surface area contributed by atoms with Crippen molar-refractivity contribution in [1.82, 2.24) is 20.0 Å². The molecule has 0 saturated carbocycles. The minimum atomic E-state index is -1.99. The lowest BCUT2D eigenvalue weighted by Crippen LogP contribution is -2.51. The lowest BCUT2D eigenvalue weighted by molar-refractivity contribution is -0.154. The van der Waals surface area contributed by atoms with E-state index in [-0.39, 0.29) is 13.0 Å². The summed E-state index contributed by atoms with van der Waals surface area (Å²) in [5, 5.41) is 38.4. The molecule has 2 heterocycles. The Bertz CT molecular complexity index is 1170. The van der Waals surface area contributed by atoms with Gasteiger partial charge in [-0.2, -0.15) is 5.10 Å². The maximum Gasteiger partial charge on any atom is 0.255 e. The van der Waals surface area contributed by atoms with E-state index >= 15 is 0 Å². The molecular weight excluding hydrogens is 472 g/mol. The van der Waals surface area contributed by atoms with Crippen LogP contribution in [0.2, 0.25) is 5.02 Å². The van der Waals surface area contributed by atoms with E-state index in [1.165, 1.54) is 4.90 Å². The smallest absolute Gasteiger partial charge is 0.255 e. The second kappa shape index (κ2) is 10.6. The number of amides is 2. The first kappa shape index (κ1) is 24.9. The number of halogens is 1. The second-order valence-corrected chi connectivity index (χ2v) is 9.05. The number of hydrogen-bond acceptors (Lipinski definition) is 6. The van der Waals surface area contributed by atoms with Crippen LogP contribution in [0, 0.1) is 0 Å². The Hall–Kier alpha value is -3.24. The number of rotatable bonds is 7. The molecule has 0 radical (unpaired) electrons. The highest BCUT2D eigenvalue weighted by Crippen LogP contribution is 2.34. The Kier molecular flexibility index (Phi) is 7.51. The second-order valence-electron chi connectivity index (χ2n) is 8.61. The predicted molar refractivity (Wildman–Crippen MR) is 129 cm³/mol. The summed E-state index contributed by atoms with van der Waals surface area (Å²) < 4.78 is 1.70. The number of β-amino-alcohol motifs (C(OH)–C–C–N with tert-alkyl or cyclic N) is 1. The van der Waals surface area contributed by atoms with E-state index in [1.54, 1.807) is 42.1 Å². The average Bonchev–Trinajstić information content (AvgIpc) is 3.53. The largest absolute Gasteiger partial charge is 0.391 e. The molecule has 2 amide bonds. The minimum Gasteiger partial charge on any atom is -0.391 e. The van der Waals surface area contributed by atoms with Crippen LogP contribution in [-0.2, 0) is 9.59 Å². The van der Waals surface area contributed by atoms with Gasteiger partial charge in [0.25, 0.3) is 11.8 Å². The number of aliphatic hydroxyl groups is 3. The molecule has 1 aromatic heterocycles. The lowest BCUT2D eigenvalue weighted by atomic mass is 10.0. The van der Waals surface area contributed by atoms with Crippen LogP contribution < -0.4 is 5.32 Å².